The van der Waals surface area contributed by atoms with Crippen LogP contribution in [0.25, 0.3) is 0 Å². The summed E-state index contributed by atoms with van der Waals surface area (Å²) in [5, 5.41) is 8.74. The first-order chi connectivity index (χ1) is 15.3. The Kier molecular flexibility index (Phi) is 8.26. The highest BCUT2D eigenvalue weighted by molar-refractivity contribution is 8.14. The number of aliphatic hydroxyl groups excluding tert-OH is 1. The van der Waals surface area contributed by atoms with E-state index in [1.165, 1.54) is 17.1 Å². The maximum Gasteiger partial charge on any atom is 0.251 e. The molecule has 2 aromatic rings. The number of ether oxygens (including phenoxy) is 1. The highest BCUT2D eigenvalue weighted by Gasteiger charge is 2.22. The fourth-order valence-electron chi connectivity index (χ4n) is 2.76. The number of halogens is 1. The number of carbonyl (C=O) groups excluding carboxylic acids is 3. The Labute approximate surface area is 193 Å². The van der Waals surface area contributed by atoms with Gasteiger partial charge in [-0.2, -0.15) is 0 Å². The van der Waals surface area contributed by atoms with Gasteiger partial charge in [0.25, 0.3) is 5.12 Å². The monoisotopic (exact) mass is 473 g/mol. The van der Waals surface area contributed by atoms with Gasteiger partial charge in [-0.05, 0) is 84.6 Å². The Hall–Kier alpha value is -2.88. The second-order valence-corrected chi connectivity index (χ2v) is 8.78. The van der Waals surface area contributed by atoms with Crippen LogP contribution >= 0.6 is 23.5 Å². The summed E-state index contributed by atoms with van der Waals surface area (Å²) in [5.74, 6) is -0.627. The number of thioether (sulfide) groups is 2. The molecule has 1 aliphatic heterocycles. The fraction of sp³-hybridized carbons (Fsp3) is 0.174. The quantitative estimate of drug-likeness (QED) is 0.332. The smallest absolute Gasteiger partial charge is 0.251 e. The van der Waals surface area contributed by atoms with Crippen LogP contribution in [0.4, 0.5) is 4.39 Å². The number of nitrogens with zero attached hydrogens (tertiary/aromatic N) is 1. The molecule has 0 fully saturated rings. The van der Waals surface area contributed by atoms with Crippen molar-refractivity contribution in [3.63, 3.8) is 0 Å². The summed E-state index contributed by atoms with van der Waals surface area (Å²) in [7, 11) is 0. The second-order valence-electron chi connectivity index (χ2n) is 6.69. The molecule has 1 N–H and O–H groups in total. The summed E-state index contributed by atoms with van der Waals surface area (Å²) in [6.07, 6.45) is 2.46. The normalized spacial score (nSPS) is 15.1. The molecule has 1 heterocycles. The van der Waals surface area contributed by atoms with Crippen LogP contribution in [0.5, 0.6) is 5.75 Å². The molecule has 0 saturated carbocycles. The van der Waals surface area contributed by atoms with Gasteiger partial charge in [0.2, 0.25) is 11.0 Å². The molecule has 0 aliphatic carbocycles. The number of hydrogen-bond donors (Lipinski definition) is 1. The van der Waals surface area contributed by atoms with Crippen molar-refractivity contribution in [2.24, 2.45) is 0 Å². The van der Waals surface area contributed by atoms with E-state index < -0.39 is 17.2 Å². The summed E-state index contributed by atoms with van der Waals surface area (Å²) in [4.78, 5) is 38.0. The van der Waals surface area contributed by atoms with Crippen LogP contribution in [-0.4, -0.2) is 45.5 Å². The molecule has 0 aromatic heterocycles. The average Bonchev–Trinajstić information content (AvgIpc) is 3.10. The van der Waals surface area contributed by atoms with E-state index in [4.69, 9.17) is 4.74 Å². The van der Waals surface area contributed by atoms with Gasteiger partial charge in [0.1, 0.15) is 12.0 Å². The third-order valence-corrected chi connectivity index (χ3v) is 6.23. The molecule has 0 bridgehead atoms. The van der Waals surface area contributed by atoms with Gasteiger partial charge in [0.15, 0.2) is 5.83 Å². The third-order valence-electron chi connectivity index (χ3n) is 4.38. The molecule has 6 nitrogen and oxygen atoms in total. The molecule has 0 radical (unpaired) electrons. The zero-order valence-electron chi connectivity index (χ0n) is 16.9. The van der Waals surface area contributed by atoms with Crippen molar-refractivity contribution in [2.45, 2.75) is 22.4 Å². The van der Waals surface area contributed by atoms with Gasteiger partial charge in [-0.3, -0.25) is 14.4 Å². The molecule has 166 valence electrons. The van der Waals surface area contributed by atoms with Gasteiger partial charge in [0, 0.05) is 28.0 Å². The van der Waals surface area contributed by atoms with Crippen molar-refractivity contribution in [3.05, 3.63) is 78.7 Å². The Balaban J connectivity index is 1.45. The Morgan fingerprint density at radius 1 is 1.06 bits per heavy atom. The van der Waals surface area contributed by atoms with Crippen molar-refractivity contribution in [2.75, 3.05) is 13.2 Å². The van der Waals surface area contributed by atoms with E-state index in [0.29, 0.717) is 40.7 Å². The maximum absolute atomic E-state index is 12.8. The molecule has 0 saturated heterocycles. The van der Waals surface area contributed by atoms with Crippen LogP contribution < -0.4 is 4.74 Å². The van der Waals surface area contributed by atoms with Crippen LogP contribution in [0, 0.1) is 0 Å². The highest BCUT2D eigenvalue weighted by atomic mass is 32.2. The van der Waals surface area contributed by atoms with Crippen molar-refractivity contribution >= 4 is 39.7 Å². The first-order valence-corrected chi connectivity index (χ1v) is 11.3. The van der Waals surface area contributed by atoms with Gasteiger partial charge in [-0.15, -0.1) is 0 Å². The Morgan fingerprint density at radius 2 is 1.69 bits per heavy atom. The van der Waals surface area contributed by atoms with E-state index in [1.807, 2.05) is 0 Å². The summed E-state index contributed by atoms with van der Waals surface area (Å²) in [6.45, 7) is 3.72. The van der Waals surface area contributed by atoms with E-state index in [2.05, 4.69) is 6.58 Å². The van der Waals surface area contributed by atoms with Crippen LogP contribution in [0.15, 0.2) is 82.9 Å². The second kappa shape index (κ2) is 11.1. The predicted octanol–water partition coefficient (Wildman–Crippen LogP) is 4.21. The minimum atomic E-state index is -1.01. The van der Waals surface area contributed by atoms with Crippen molar-refractivity contribution in [1.29, 1.82) is 0 Å². The summed E-state index contributed by atoms with van der Waals surface area (Å²) in [5.41, 5.74) is 0.501. The minimum Gasteiger partial charge on any atom is -0.494 e. The van der Waals surface area contributed by atoms with Crippen LogP contribution in [0.2, 0.25) is 0 Å². The zero-order chi connectivity index (χ0) is 23.1. The lowest BCUT2D eigenvalue weighted by atomic mass is 10.2. The number of benzene rings is 2. The number of carbonyl (C=O) groups is 3. The highest BCUT2D eigenvalue weighted by Crippen LogP contribution is 2.28. The van der Waals surface area contributed by atoms with E-state index in [-0.39, 0.29) is 11.0 Å². The van der Waals surface area contributed by atoms with Gasteiger partial charge in [-0.1, -0.05) is 6.58 Å². The van der Waals surface area contributed by atoms with E-state index in [9.17, 15) is 23.9 Å². The summed E-state index contributed by atoms with van der Waals surface area (Å²) in [6, 6.07) is 13.4. The topological polar surface area (TPSA) is 83.9 Å². The number of hydrogen-bond acceptors (Lipinski definition) is 7. The average molecular weight is 474 g/mol. The van der Waals surface area contributed by atoms with Crippen LogP contribution in [0.1, 0.15) is 16.8 Å². The van der Waals surface area contributed by atoms with E-state index in [1.54, 1.807) is 48.5 Å². The van der Waals surface area contributed by atoms with E-state index >= 15 is 0 Å². The molecule has 9 heteroatoms. The molecule has 1 atom stereocenters. The molecule has 1 amide bonds. The number of amides is 1. The van der Waals surface area contributed by atoms with Crippen LogP contribution in [-0.2, 0) is 9.59 Å². The molecule has 0 spiro atoms. The first-order valence-electron chi connectivity index (χ1n) is 9.62. The van der Waals surface area contributed by atoms with Crippen molar-refractivity contribution in [3.8, 4) is 5.75 Å². The fourth-order valence-corrected chi connectivity index (χ4v) is 4.09. The molecular weight excluding hydrogens is 453 g/mol. The third kappa shape index (κ3) is 6.56. The number of rotatable bonds is 9. The molecule has 32 heavy (non-hydrogen) atoms. The lowest BCUT2D eigenvalue weighted by molar-refractivity contribution is -0.130. The predicted molar refractivity (Wildman–Crippen MR) is 121 cm³/mol. The molecule has 2 aromatic carbocycles. The SMILES string of the molecule is C=C(F)C(=O)Sc1ccc(SC(=O)c2ccc(OCCCN3C(=O)C=CC3O)cc2)cc1. The van der Waals surface area contributed by atoms with Gasteiger partial charge < -0.3 is 14.7 Å². The van der Waals surface area contributed by atoms with Gasteiger partial charge in [0.05, 0.1) is 6.61 Å². The van der Waals surface area contributed by atoms with Crippen LogP contribution in [0.3, 0.4) is 0 Å². The Morgan fingerprint density at radius 3 is 2.25 bits per heavy atom. The summed E-state index contributed by atoms with van der Waals surface area (Å²) < 4.78 is 18.4. The van der Waals surface area contributed by atoms with Gasteiger partial charge >= 0.3 is 0 Å². The van der Waals surface area contributed by atoms with Crippen molar-refractivity contribution in [1.82, 2.24) is 4.90 Å². The molecule has 1 unspecified atom stereocenters. The minimum absolute atomic E-state index is 0.154. The lowest BCUT2D eigenvalue weighted by Crippen LogP contribution is -2.35. The maximum atomic E-state index is 12.8. The van der Waals surface area contributed by atoms with Crippen molar-refractivity contribution < 1.29 is 28.6 Å². The molecule has 1 aliphatic rings. The lowest BCUT2D eigenvalue weighted by Gasteiger charge is -2.20. The Bertz CT molecular complexity index is 1040. The van der Waals surface area contributed by atoms with Gasteiger partial charge in [-0.25, -0.2) is 4.39 Å². The standard InChI is InChI=1S/C23H20FNO5S2/c1-15(24)22(28)31-18-7-9-19(10-8-18)32-23(29)16-3-5-17(6-4-16)30-14-2-13-25-20(26)11-12-21(25)27/h3-12,20,26H,1-2,13-14H2. The first kappa shape index (κ1) is 23.8. The zero-order valence-corrected chi connectivity index (χ0v) is 18.5. The van der Waals surface area contributed by atoms with E-state index in [0.717, 1.165) is 23.5 Å². The number of aliphatic hydroxyl groups is 1. The molecular formula is C23H20FNO5S2. The largest absolute Gasteiger partial charge is 0.494 e. The molecule has 3 rings (SSSR count). The summed E-state index contributed by atoms with van der Waals surface area (Å²) >= 11 is 1.78.